The molecular weight excluding hydrogens is 424 g/mol. The summed E-state index contributed by atoms with van der Waals surface area (Å²) in [7, 11) is 1.25. The number of aliphatic carboxylic acids is 1. The van der Waals surface area contributed by atoms with Crippen LogP contribution in [-0.4, -0.2) is 68.9 Å². The summed E-state index contributed by atoms with van der Waals surface area (Å²) >= 11 is 0. The number of benzene rings is 1. The van der Waals surface area contributed by atoms with Crippen molar-refractivity contribution in [1.29, 1.82) is 0 Å². The van der Waals surface area contributed by atoms with Crippen LogP contribution in [-0.2, 0) is 43.4 Å². The van der Waals surface area contributed by atoms with Gasteiger partial charge in [-0.05, 0) is 22.4 Å². The monoisotopic (exact) mass is 448 g/mol. The molecule has 1 aromatic carbocycles. The number of aryl methyl sites for hydroxylation is 1. The van der Waals surface area contributed by atoms with Crippen LogP contribution in [0.25, 0.3) is 0 Å². The number of amides is 2. The number of hydrogen-bond donors (Lipinski definition) is 3. The number of nitrogens with zero attached hydrogens (tertiary/aromatic N) is 4. The highest BCUT2D eigenvalue weighted by molar-refractivity contribution is 5.80. The van der Waals surface area contributed by atoms with E-state index >= 15 is 0 Å². The molecule has 0 bridgehead atoms. The van der Waals surface area contributed by atoms with E-state index in [2.05, 4.69) is 30.9 Å². The van der Waals surface area contributed by atoms with Crippen LogP contribution in [0.2, 0.25) is 0 Å². The standard InChI is InChI=1S/C19H24N6O7/c1-31-17(27)9-10-20-16(26)11-25-15(22-23-24-25)8-7-14(18(28)29)21-19(30)32-12-13-5-3-2-4-6-13/h2-6,14H,7-12H2,1H3,(H,20,26)(H,21,30)(H,28,29)/t14-/m0/s1. The Bertz CT molecular complexity index is 918. The summed E-state index contributed by atoms with van der Waals surface area (Å²) in [5.41, 5.74) is 0.763. The molecule has 0 spiro atoms. The van der Waals surface area contributed by atoms with Gasteiger partial charge in [0.05, 0.1) is 13.5 Å². The number of carbonyl (C=O) groups excluding carboxylic acids is 3. The average molecular weight is 448 g/mol. The van der Waals surface area contributed by atoms with Crippen LogP contribution in [0.3, 0.4) is 0 Å². The molecule has 2 aromatic rings. The third kappa shape index (κ3) is 8.38. The second kappa shape index (κ2) is 12.6. The van der Waals surface area contributed by atoms with E-state index in [1.165, 1.54) is 11.8 Å². The summed E-state index contributed by atoms with van der Waals surface area (Å²) in [5, 5.41) is 25.2. The first-order chi connectivity index (χ1) is 15.4. The van der Waals surface area contributed by atoms with Crippen LogP contribution >= 0.6 is 0 Å². The third-order valence-corrected chi connectivity index (χ3v) is 4.24. The predicted molar refractivity (Wildman–Crippen MR) is 107 cm³/mol. The molecule has 2 amide bonds. The molecule has 0 aliphatic carbocycles. The fraction of sp³-hybridized carbons (Fsp3) is 0.421. The normalized spacial score (nSPS) is 11.3. The number of hydrogen-bond acceptors (Lipinski definition) is 9. The smallest absolute Gasteiger partial charge is 0.408 e. The molecule has 0 radical (unpaired) electrons. The quantitative estimate of drug-likeness (QED) is 0.364. The van der Waals surface area contributed by atoms with Crippen molar-refractivity contribution in [3.05, 3.63) is 41.7 Å². The number of tetrazole rings is 1. The summed E-state index contributed by atoms with van der Waals surface area (Å²) in [5.74, 6) is -1.87. The van der Waals surface area contributed by atoms with Crippen molar-refractivity contribution in [1.82, 2.24) is 30.8 Å². The topological polar surface area (TPSA) is 175 Å². The summed E-state index contributed by atoms with van der Waals surface area (Å²) < 4.78 is 10.7. The second-order valence-electron chi connectivity index (χ2n) is 6.56. The molecule has 13 heteroatoms. The van der Waals surface area contributed by atoms with Crippen molar-refractivity contribution in [3.63, 3.8) is 0 Å². The first-order valence-electron chi connectivity index (χ1n) is 9.67. The van der Waals surface area contributed by atoms with E-state index in [1.54, 1.807) is 24.3 Å². The minimum absolute atomic E-state index is 0.00233. The molecule has 0 saturated heterocycles. The number of carbonyl (C=O) groups is 4. The van der Waals surface area contributed by atoms with E-state index in [1.807, 2.05) is 6.07 Å². The van der Waals surface area contributed by atoms with Gasteiger partial charge in [0, 0.05) is 13.0 Å². The summed E-state index contributed by atoms with van der Waals surface area (Å²) in [4.78, 5) is 46.5. The molecular formula is C19H24N6O7. The number of carboxylic acids is 1. The van der Waals surface area contributed by atoms with Gasteiger partial charge in [0.25, 0.3) is 0 Å². The number of esters is 1. The summed E-state index contributed by atoms with van der Waals surface area (Å²) in [6.45, 7) is -0.116. The van der Waals surface area contributed by atoms with Crippen molar-refractivity contribution in [2.75, 3.05) is 13.7 Å². The minimum atomic E-state index is -1.25. The number of carboxylic acid groups (broad SMARTS) is 1. The van der Waals surface area contributed by atoms with E-state index in [4.69, 9.17) is 4.74 Å². The molecule has 1 atom stereocenters. The molecule has 2 rings (SSSR count). The van der Waals surface area contributed by atoms with E-state index < -0.39 is 30.0 Å². The molecule has 0 unspecified atom stereocenters. The number of alkyl carbamates (subject to hydrolysis) is 1. The van der Waals surface area contributed by atoms with Crippen molar-refractivity contribution in [2.24, 2.45) is 0 Å². The van der Waals surface area contributed by atoms with E-state index in [-0.39, 0.29) is 44.8 Å². The van der Waals surface area contributed by atoms with Crippen LogP contribution in [0.15, 0.2) is 30.3 Å². The van der Waals surface area contributed by atoms with Gasteiger partial charge in [-0.25, -0.2) is 14.3 Å². The Morgan fingerprint density at radius 2 is 1.94 bits per heavy atom. The SMILES string of the molecule is COC(=O)CCNC(=O)Cn1nnnc1CC[C@H](NC(=O)OCc1ccccc1)C(=O)O. The number of aromatic nitrogens is 4. The zero-order chi connectivity index (χ0) is 23.3. The lowest BCUT2D eigenvalue weighted by Gasteiger charge is -2.14. The second-order valence-corrected chi connectivity index (χ2v) is 6.56. The van der Waals surface area contributed by atoms with Gasteiger partial charge >= 0.3 is 18.0 Å². The van der Waals surface area contributed by atoms with Gasteiger partial charge in [0.15, 0.2) is 5.82 Å². The van der Waals surface area contributed by atoms with Crippen molar-refractivity contribution >= 4 is 23.9 Å². The van der Waals surface area contributed by atoms with E-state index in [0.29, 0.717) is 0 Å². The summed E-state index contributed by atoms with van der Waals surface area (Å²) in [6.07, 6.45) is -0.791. The summed E-state index contributed by atoms with van der Waals surface area (Å²) in [6, 6.07) is 7.71. The van der Waals surface area contributed by atoms with Crippen molar-refractivity contribution < 1.29 is 33.8 Å². The highest BCUT2D eigenvalue weighted by Crippen LogP contribution is 2.05. The number of methoxy groups -OCH3 is 1. The molecule has 13 nitrogen and oxygen atoms in total. The van der Waals surface area contributed by atoms with Crippen LogP contribution in [0.1, 0.15) is 24.2 Å². The van der Waals surface area contributed by atoms with Gasteiger partial charge in [-0.15, -0.1) is 5.10 Å². The number of nitrogens with one attached hydrogen (secondary N) is 2. The molecule has 0 fully saturated rings. The number of ether oxygens (including phenoxy) is 2. The lowest BCUT2D eigenvalue weighted by molar-refractivity contribution is -0.141. The van der Waals surface area contributed by atoms with Gasteiger partial charge in [-0.2, -0.15) is 0 Å². The minimum Gasteiger partial charge on any atom is -0.480 e. The maximum absolute atomic E-state index is 12.0. The predicted octanol–water partition coefficient (Wildman–Crippen LogP) is -0.335. The Morgan fingerprint density at radius 1 is 1.19 bits per heavy atom. The van der Waals surface area contributed by atoms with Crippen LogP contribution in [0.5, 0.6) is 0 Å². The van der Waals surface area contributed by atoms with Gasteiger partial charge in [-0.3, -0.25) is 9.59 Å². The molecule has 0 aliphatic rings. The highest BCUT2D eigenvalue weighted by Gasteiger charge is 2.22. The molecule has 3 N–H and O–H groups in total. The largest absolute Gasteiger partial charge is 0.480 e. The van der Waals surface area contributed by atoms with Crippen LogP contribution in [0.4, 0.5) is 4.79 Å². The number of rotatable bonds is 12. The molecule has 0 aliphatic heterocycles. The molecule has 0 saturated carbocycles. The van der Waals surface area contributed by atoms with Gasteiger partial charge in [0.2, 0.25) is 5.91 Å². The third-order valence-electron chi connectivity index (χ3n) is 4.24. The molecule has 32 heavy (non-hydrogen) atoms. The molecule has 172 valence electrons. The lowest BCUT2D eigenvalue weighted by Crippen LogP contribution is -2.41. The molecule has 1 heterocycles. The first-order valence-corrected chi connectivity index (χ1v) is 9.67. The van der Waals surface area contributed by atoms with Gasteiger partial charge < -0.3 is 25.2 Å². The maximum Gasteiger partial charge on any atom is 0.408 e. The van der Waals surface area contributed by atoms with E-state index in [0.717, 1.165) is 5.56 Å². The fourth-order valence-electron chi connectivity index (χ4n) is 2.56. The lowest BCUT2D eigenvalue weighted by atomic mass is 10.1. The Labute approximate surface area is 183 Å². The van der Waals surface area contributed by atoms with E-state index in [9.17, 15) is 24.3 Å². The highest BCUT2D eigenvalue weighted by atomic mass is 16.5. The Balaban J connectivity index is 1.82. The molecule has 1 aromatic heterocycles. The Morgan fingerprint density at radius 3 is 2.62 bits per heavy atom. The zero-order valence-electron chi connectivity index (χ0n) is 17.4. The maximum atomic E-state index is 12.0. The Hall–Kier alpha value is -4.03. The van der Waals surface area contributed by atoms with Crippen molar-refractivity contribution in [2.45, 2.75) is 38.5 Å². The Kier molecular flexibility index (Phi) is 9.56. The van der Waals surface area contributed by atoms with Crippen LogP contribution in [0, 0.1) is 0 Å². The van der Waals surface area contributed by atoms with Crippen molar-refractivity contribution in [3.8, 4) is 0 Å². The average Bonchev–Trinajstić information content (AvgIpc) is 3.22. The van der Waals surface area contributed by atoms with Gasteiger partial charge in [-0.1, -0.05) is 30.3 Å². The van der Waals surface area contributed by atoms with Gasteiger partial charge in [0.1, 0.15) is 19.2 Å². The first kappa shape index (κ1) is 24.2. The zero-order valence-corrected chi connectivity index (χ0v) is 17.4. The van der Waals surface area contributed by atoms with Crippen LogP contribution < -0.4 is 10.6 Å². The fourth-order valence-corrected chi connectivity index (χ4v) is 2.56.